The van der Waals surface area contributed by atoms with E-state index in [4.69, 9.17) is 5.73 Å². The summed E-state index contributed by atoms with van der Waals surface area (Å²) in [6.45, 7) is 4.18. The average Bonchev–Trinajstić information content (AvgIpc) is 2.24. The highest BCUT2D eigenvalue weighted by Crippen LogP contribution is 2.13. The number of hydrogen-bond donors (Lipinski definition) is 1. The second kappa shape index (κ2) is 4.31. The Kier molecular flexibility index (Phi) is 2.86. The van der Waals surface area contributed by atoms with Crippen LogP contribution in [0.4, 0.5) is 5.82 Å². The van der Waals surface area contributed by atoms with Crippen LogP contribution in [-0.4, -0.2) is 9.97 Å². The molecule has 2 N–H and O–H groups in total. The summed E-state index contributed by atoms with van der Waals surface area (Å²) < 4.78 is 0. The van der Waals surface area contributed by atoms with Gasteiger partial charge < -0.3 is 5.73 Å². The predicted octanol–water partition coefficient (Wildman–Crippen LogP) is 2.27. The van der Waals surface area contributed by atoms with Gasteiger partial charge in [-0.2, -0.15) is 0 Å². The average molecular weight is 213 g/mol. The zero-order valence-electron chi connectivity index (χ0n) is 9.57. The zero-order chi connectivity index (χ0) is 11.5. The normalized spacial score (nSPS) is 10.4. The highest BCUT2D eigenvalue weighted by atomic mass is 14.9. The fraction of sp³-hybridized carbons (Fsp3) is 0.231. The van der Waals surface area contributed by atoms with Gasteiger partial charge >= 0.3 is 0 Å². The maximum atomic E-state index is 5.63. The number of benzene rings is 1. The Hall–Kier alpha value is -1.90. The molecule has 0 aliphatic heterocycles. The van der Waals surface area contributed by atoms with Crippen molar-refractivity contribution in [3.05, 3.63) is 53.0 Å². The van der Waals surface area contributed by atoms with E-state index in [1.165, 1.54) is 16.7 Å². The number of aromatic nitrogens is 2. The summed E-state index contributed by atoms with van der Waals surface area (Å²) in [7, 11) is 0. The summed E-state index contributed by atoms with van der Waals surface area (Å²) in [6.07, 6.45) is 2.43. The molecule has 16 heavy (non-hydrogen) atoms. The van der Waals surface area contributed by atoms with Crippen molar-refractivity contribution >= 4 is 5.82 Å². The Labute approximate surface area is 95.4 Å². The van der Waals surface area contributed by atoms with Crippen molar-refractivity contribution in [2.45, 2.75) is 20.3 Å². The van der Waals surface area contributed by atoms with Crippen molar-refractivity contribution in [1.29, 1.82) is 0 Å². The van der Waals surface area contributed by atoms with Gasteiger partial charge in [0.2, 0.25) is 0 Å². The monoisotopic (exact) mass is 213 g/mol. The van der Waals surface area contributed by atoms with Gasteiger partial charge in [-0.15, -0.1) is 0 Å². The van der Waals surface area contributed by atoms with E-state index in [2.05, 4.69) is 42.0 Å². The molecule has 0 atom stereocenters. The quantitative estimate of drug-likeness (QED) is 0.832. The highest BCUT2D eigenvalue weighted by molar-refractivity contribution is 5.33. The van der Waals surface area contributed by atoms with Gasteiger partial charge in [0.25, 0.3) is 0 Å². The SMILES string of the molecule is Cc1ccc(C)c(Cc2nccc(N)n2)c1. The molecule has 0 aliphatic carbocycles. The van der Waals surface area contributed by atoms with Crippen LogP contribution in [0.5, 0.6) is 0 Å². The Morgan fingerprint density at radius 2 is 2.00 bits per heavy atom. The number of aryl methyl sites for hydroxylation is 2. The first-order chi connectivity index (χ1) is 7.65. The van der Waals surface area contributed by atoms with Gasteiger partial charge in [-0.3, -0.25) is 0 Å². The molecule has 0 saturated heterocycles. The number of nitrogens with two attached hydrogens (primary N) is 1. The van der Waals surface area contributed by atoms with E-state index >= 15 is 0 Å². The minimum atomic E-state index is 0.523. The third kappa shape index (κ3) is 2.37. The number of nitrogens with zero attached hydrogens (tertiary/aromatic N) is 2. The molecule has 1 aromatic carbocycles. The van der Waals surface area contributed by atoms with Crippen LogP contribution in [-0.2, 0) is 6.42 Å². The minimum absolute atomic E-state index is 0.523. The van der Waals surface area contributed by atoms with Gasteiger partial charge in [0.15, 0.2) is 0 Å². The minimum Gasteiger partial charge on any atom is -0.384 e. The first-order valence-corrected chi connectivity index (χ1v) is 5.28. The Balaban J connectivity index is 2.30. The fourth-order valence-electron chi connectivity index (χ4n) is 1.66. The molecule has 3 heteroatoms. The fourth-order valence-corrected chi connectivity index (χ4v) is 1.66. The summed E-state index contributed by atoms with van der Waals surface area (Å²) in [5, 5.41) is 0. The van der Waals surface area contributed by atoms with E-state index < -0.39 is 0 Å². The number of anilines is 1. The second-order valence-corrected chi connectivity index (χ2v) is 4.00. The van der Waals surface area contributed by atoms with Crippen LogP contribution in [0, 0.1) is 13.8 Å². The molecule has 2 rings (SSSR count). The molecule has 3 nitrogen and oxygen atoms in total. The molecule has 2 aromatic rings. The maximum Gasteiger partial charge on any atom is 0.135 e. The molecule has 0 fully saturated rings. The van der Waals surface area contributed by atoms with Gasteiger partial charge in [0.1, 0.15) is 11.6 Å². The zero-order valence-corrected chi connectivity index (χ0v) is 9.57. The molecule has 1 heterocycles. The van der Waals surface area contributed by atoms with E-state index in [1.807, 2.05) is 0 Å². The molecule has 0 unspecified atom stereocenters. The summed E-state index contributed by atoms with van der Waals surface area (Å²) in [6, 6.07) is 8.10. The molecule has 0 spiro atoms. The van der Waals surface area contributed by atoms with E-state index in [0.29, 0.717) is 5.82 Å². The van der Waals surface area contributed by atoms with Crippen molar-refractivity contribution in [2.75, 3.05) is 5.73 Å². The molecule has 1 aromatic heterocycles. The van der Waals surface area contributed by atoms with Crippen molar-refractivity contribution in [2.24, 2.45) is 0 Å². The Bertz CT molecular complexity index is 506. The van der Waals surface area contributed by atoms with Gasteiger partial charge in [0, 0.05) is 12.6 Å². The molecular weight excluding hydrogens is 198 g/mol. The molecular formula is C13H15N3. The first kappa shape index (κ1) is 10.6. The molecule has 0 amide bonds. The van der Waals surface area contributed by atoms with Crippen molar-refractivity contribution in [3.8, 4) is 0 Å². The van der Waals surface area contributed by atoms with Gasteiger partial charge in [-0.25, -0.2) is 9.97 Å². The topological polar surface area (TPSA) is 51.8 Å². The lowest BCUT2D eigenvalue weighted by Crippen LogP contribution is -2.01. The number of rotatable bonds is 2. The molecule has 0 bridgehead atoms. The lowest BCUT2D eigenvalue weighted by atomic mass is 10.0. The smallest absolute Gasteiger partial charge is 0.135 e. The molecule has 0 saturated carbocycles. The third-order valence-corrected chi connectivity index (χ3v) is 2.58. The predicted molar refractivity (Wildman–Crippen MR) is 65.2 cm³/mol. The second-order valence-electron chi connectivity index (χ2n) is 4.00. The Morgan fingerprint density at radius 3 is 2.75 bits per heavy atom. The number of hydrogen-bond acceptors (Lipinski definition) is 3. The van der Waals surface area contributed by atoms with E-state index in [1.54, 1.807) is 12.3 Å². The van der Waals surface area contributed by atoms with Crippen molar-refractivity contribution < 1.29 is 0 Å². The summed E-state index contributed by atoms with van der Waals surface area (Å²) in [5.74, 6) is 1.30. The largest absolute Gasteiger partial charge is 0.384 e. The van der Waals surface area contributed by atoms with Crippen LogP contribution < -0.4 is 5.73 Å². The summed E-state index contributed by atoms with van der Waals surface area (Å²) in [5.41, 5.74) is 9.40. The standard InChI is InChI=1S/C13H15N3/c1-9-3-4-10(2)11(7-9)8-13-15-6-5-12(14)16-13/h3-7H,8H2,1-2H3,(H2,14,15,16). The van der Waals surface area contributed by atoms with Crippen LogP contribution in [0.25, 0.3) is 0 Å². The molecule has 0 aliphatic rings. The van der Waals surface area contributed by atoms with Gasteiger partial charge in [-0.05, 0) is 31.0 Å². The Morgan fingerprint density at radius 1 is 1.19 bits per heavy atom. The van der Waals surface area contributed by atoms with Crippen LogP contribution in [0.2, 0.25) is 0 Å². The van der Waals surface area contributed by atoms with Gasteiger partial charge in [-0.1, -0.05) is 23.8 Å². The summed E-state index contributed by atoms with van der Waals surface area (Å²) >= 11 is 0. The molecule has 82 valence electrons. The van der Waals surface area contributed by atoms with Gasteiger partial charge in [0.05, 0.1) is 0 Å². The van der Waals surface area contributed by atoms with Crippen LogP contribution in [0.15, 0.2) is 30.5 Å². The van der Waals surface area contributed by atoms with Crippen molar-refractivity contribution in [3.63, 3.8) is 0 Å². The molecule has 0 radical (unpaired) electrons. The maximum absolute atomic E-state index is 5.63. The van der Waals surface area contributed by atoms with E-state index in [9.17, 15) is 0 Å². The van der Waals surface area contributed by atoms with Crippen LogP contribution in [0.1, 0.15) is 22.5 Å². The number of nitrogen functional groups attached to an aromatic ring is 1. The van der Waals surface area contributed by atoms with Crippen LogP contribution in [0.3, 0.4) is 0 Å². The lowest BCUT2D eigenvalue weighted by molar-refractivity contribution is 0.965. The van der Waals surface area contributed by atoms with E-state index in [-0.39, 0.29) is 0 Å². The highest BCUT2D eigenvalue weighted by Gasteiger charge is 2.03. The third-order valence-electron chi connectivity index (χ3n) is 2.58. The van der Waals surface area contributed by atoms with Crippen LogP contribution >= 0.6 is 0 Å². The lowest BCUT2D eigenvalue weighted by Gasteiger charge is -2.06. The summed E-state index contributed by atoms with van der Waals surface area (Å²) in [4.78, 5) is 8.42. The first-order valence-electron chi connectivity index (χ1n) is 5.28. The van der Waals surface area contributed by atoms with Crippen molar-refractivity contribution in [1.82, 2.24) is 9.97 Å². The van der Waals surface area contributed by atoms with E-state index in [0.717, 1.165) is 12.2 Å².